The van der Waals surface area contributed by atoms with Crippen LogP contribution in [0.4, 0.5) is 0 Å². The number of hydrogen-bond acceptors (Lipinski definition) is 5. The quantitative estimate of drug-likeness (QED) is 0.0321. The number of rotatable bonds is 52. The number of nitrogens with one attached hydrogen (secondary N) is 1. The van der Waals surface area contributed by atoms with Gasteiger partial charge in [0.15, 0.2) is 0 Å². The van der Waals surface area contributed by atoms with Crippen LogP contribution in [-0.2, 0) is 14.3 Å². The maximum atomic E-state index is 12.5. The van der Waals surface area contributed by atoms with Gasteiger partial charge in [-0.2, -0.15) is 0 Å². The molecular formula is C56H109NO5. The maximum absolute atomic E-state index is 12.5. The summed E-state index contributed by atoms with van der Waals surface area (Å²) in [7, 11) is 0. The molecule has 0 saturated heterocycles. The van der Waals surface area contributed by atoms with Gasteiger partial charge >= 0.3 is 5.97 Å². The molecule has 62 heavy (non-hydrogen) atoms. The van der Waals surface area contributed by atoms with Crippen molar-refractivity contribution >= 4 is 11.9 Å². The van der Waals surface area contributed by atoms with Crippen molar-refractivity contribution in [3.05, 3.63) is 12.2 Å². The summed E-state index contributed by atoms with van der Waals surface area (Å²) in [6.45, 7) is 4.89. The van der Waals surface area contributed by atoms with Gasteiger partial charge in [-0.3, -0.25) is 9.59 Å². The second-order valence-electron chi connectivity index (χ2n) is 19.3. The van der Waals surface area contributed by atoms with Crippen molar-refractivity contribution < 1.29 is 24.5 Å². The van der Waals surface area contributed by atoms with Gasteiger partial charge in [-0.15, -0.1) is 0 Å². The van der Waals surface area contributed by atoms with Crippen LogP contribution in [0, 0.1) is 0 Å². The highest BCUT2D eigenvalue weighted by molar-refractivity contribution is 5.76. The highest BCUT2D eigenvalue weighted by atomic mass is 16.5. The molecule has 6 heteroatoms. The first kappa shape index (κ1) is 60.6. The average molecular weight is 876 g/mol. The summed E-state index contributed by atoms with van der Waals surface area (Å²) in [5.41, 5.74) is 0. The summed E-state index contributed by atoms with van der Waals surface area (Å²) in [5, 5.41) is 23.1. The predicted octanol–water partition coefficient (Wildman–Crippen LogP) is 16.9. The fourth-order valence-electron chi connectivity index (χ4n) is 8.75. The Labute approximate surface area is 387 Å². The van der Waals surface area contributed by atoms with Crippen molar-refractivity contribution in [3.8, 4) is 0 Å². The van der Waals surface area contributed by atoms with Gasteiger partial charge in [0, 0.05) is 12.8 Å². The van der Waals surface area contributed by atoms with Gasteiger partial charge in [0.2, 0.25) is 5.91 Å². The fraction of sp³-hybridized carbons (Fsp3) is 0.929. The van der Waals surface area contributed by atoms with Gasteiger partial charge < -0.3 is 20.3 Å². The number of carbonyl (C=O) groups excluding carboxylic acids is 2. The van der Waals surface area contributed by atoms with Crippen molar-refractivity contribution in [2.75, 3.05) is 13.2 Å². The van der Waals surface area contributed by atoms with Crippen LogP contribution in [0.1, 0.15) is 309 Å². The Morgan fingerprint density at radius 1 is 0.435 bits per heavy atom. The monoisotopic (exact) mass is 876 g/mol. The minimum atomic E-state index is -0.852. The Kier molecular flexibility index (Phi) is 51.0. The topological polar surface area (TPSA) is 95.9 Å². The zero-order valence-corrected chi connectivity index (χ0v) is 41.9. The summed E-state index contributed by atoms with van der Waals surface area (Å²) >= 11 is 0. The van der Waals surface area contributed by atoms with E-state index in [2.05, 4.69) is 19.2 Å². The molecule has 1 amide bonds. The van der Waals surface area contributed by atoms with Gasteiger partial charge in [0.1, 0.15) is 0 Å². The van der Waals surface area contributed by atoms with Gasteiger partial charge in [-0.05, 0) is 32.1 Å². The minimum absolute atomic E-state index is 0.00471. The third-order valence-corrected chi connectivity index (χ3v) is 13.1. The molecule has 0 aliphatic heterocycles. The van der Waals surface area contributed by atoms with Crippen molar-refractivity contribution in [3.63, 3.8) is 0 Å². The van der Waals surface area contributed by atoms with Crippen LogP contribution in [0.5, 0.6) is 0 Å². The van der Waals surface area contributed by atoms with Crippen molar-refractivity contribution in [1.82, 2.24) is 5.32 Å². The smallest absolute Gasteiger partial charge is 0.305 e. The molecule has 0 spiro atoms. The molecule has 0 bridgehead atoms. The Morgan fingerprint density at radius 3 is 1.10 bits per heavy atom. The third-order valence-electron chi connectivity index (χ3n) is 13.1. The maximum Gasteiger partial charge on any atom is 0.305 e. The van der Waals surface area contributed by atoms with E-state index >= 15 is 0 Å². The molecule has 0 aromatic heterocycles. The molecule has 368 valence electrons. The van der Waals surface area contributed by atoms with Crippen LogP contribution in [0.15, 0.2) is 12.2 Å². The highest BCUT2D eigenvalue weighted by Gasteiger charge is 2.18. The van der Waals surface area contributed by atoms with Crippen LogP contribution < -0.4 is 5.32 Å². The van der Waals surface area contributed by atoms with E-state index in [-0.39, 0.29) is 18.5 Å². The normalized spacial score (nSPS) is 12.6. The number of ether oxygens (including phenoxy) is 1. The SMILES string of the molecule is CCCCCCCCCCCCCCCCCCC/C=C/C(O)C(CO)NC(=O)CCCCCCCCCCCCCCCOC(=O)CCCCCCCCCCCCCCC. The predicted molar refractivity (Wildman–Crippen MR) is 269 cm³/mol. The minimum Gasteiger partial charge on any atom is -0.466 e. The van der Waals surface area contributed by atoms with E-state index < -0.39 is 12.1 Å². The van der Waals surface area contributed by atoms with Crippen molar-refractivity contribution in [1.29, 1.82) is 0 Å². The third kappa shape index (κ3) is 48.1. The standard InChI is InChI=1S/C56H109NO5/c1-3-5-7-9-11-13-15-17-18-19-20-21-22-25-28-32-36-40-44-48-54(59)53(52-58)57-55(60)49-45-41-37-33-29-26-23-27-31-35-39-43-47-51-62-56(61)50-46-42-38-34-30-24-16-14-12-10-8-6-4-2/h44,48,53-54,58-59H,3-43,45-47,49-52H2,1-2H3,(H,57,60)/b48-44+. The molecule has 0 aromatic carbocycles. The van der Waals surface area contributed by atoms with E-state index in [1.54, 1.807) is 6.08 Å². The molecule has 0 heterocycles. The molecule has 0 aliphatic carbocycles. The molecule has 3 N–H and O–H groups in total. The van der Waals surface area contributed by atoms with E-state index in [1.807, 2.05) is 6.08 Å². The van der Waals surface area contributed by atoms with Crippen LogP contribution in [-0.4, -0.2) is 47.4 Å². The zero-order chi connectivity index (χ0) is 45.1. The number of carbonyl (C=O) groups is 2. The average Bonchev–Trinajstić information content (AvgIpc) is 3.27. The number of aliphatic hydroxyl groups is 2. The summed E-state index contributed by atoms with van der Waals surface area (Å²) in [6.07, 6.45) is 60.7. The number of esters is 1. The Balaban J connectivity index is 3.48. The van der Waals surface area contributed by atoms with Crippen LogP contribution >= 0.6 is 0 Å². The molecule has 6 nitrogen and oxygen atoms in total. The number of aliphatic hydroxyl groups excluding tert-OH is 2. The Bertz CT molecular complexity index is 924. The molecule has 0 radical (unpaired) electrons. The lowest BCUT2D eigenvalue weighted by Crippen LogP contribution is -2.45. The molecule has 2 unspecified atom stereocenters. The lowest BCUT2D eigenvalue weighted by Gasteiger charge is -2.20. The lowest BCUT2D eigenvalue weighted by molar-refractivity contribution is -0.143. The van der Waals surface area contributed by atoms with Gasteiger partial charge in [0.05, 0.1) is 25.4 Å². The van der Waals surface area contributed by atoms with Crippen LogP contribution in [0.3, 0.4) is 0 Å². The summed E-state index contributed by atoms with van der Waals surface area (Å²) in [6, 6.07) is -0.637. The van der Waals surface area contributed by atoms with E-state index in [0.717, 1.165) is 57.8 Å². The summed E-state index contributed by atoms with van der Waals surface area (Å²) in [5.74, 6) is -0.0826. The number of unbranched alkanes of at least 4 members (excludes halogenated alkanes) is 41. The first-order chi connectivity index (χ1) is 30.5. The second-order valence-corrected chi connectivity index (χ2v) is 19.3. The van der Waals surface area contributed by atoms with E-state index in [9.17, 15) is 19.8 Å². The Hall–Kier alpha value is -1.40. The van der Waals surface area contributed by atoms with Gasteiger partial charge in [-0.25, -0.2) is 0 Å². The number of hydrogen-bond donors (Lipinski definition) is 3. The van der Waals surface area contributed by atoms with E-state index in [1.165, 1.54) is 225 Å². The van der Waals surface area contributed by atoms with E-state index in [0.29, 0.717) is 19.4 Å². The van der Waals surface area contributed by atoms with Gasteiger partial charge in [-0.1, -0.05) is 276 Å². The molecule has 2 atom stereocenters. The van der Waals surface area contributed by atoms with Crippen molar-refractivity contribution in [2.24, 2.45) is 0 Å². The zero-order valence-electron chi connectivity index (χ0n) is 41.9. The highest BCUT2D eigenvalue weighted by Crippen LogP contribution is 2.17. The summed E-state index contributed by atoms with van der Waals surface area (Å²) in [4.78, 5) is 24.5. The van der Waals surface area contributed by atoms with Crippen LogP contribution in [0.2, 0.25) is 0 Å². The number of amides is 1. The molecule has 0 rings (SSSR count). The first-order valence-corrected chi connectivity index (χ1v) is 28.0. The fourth-order valence-corrected chi connectivity index (χ4v) is 8.75. The van der Waals surface area contributed by atoms with Gasteiger partial charge in [0.25, 0.3) is 0 Å². The lowest BCUT2D eigenvalue weighted by atomic mass is 10.0. The molecule has 0 saturated carbocycles. The first-order valence-electron chi connectivity index (χ1n) is 28.0. The molecule has 0 aliphatic rings. The number of allylic oxidation sites excluding steroid dienone is 1. The Morgan fingerprint density at radius 2 is 0.742 bits per heavy atom. The summed E-state index contributed by atoms with van der Waals surface area (Å²) < 4.78 is 5.46. The second kappa shape index (κ2) is 52.2. The van der Waals surface area contributed by atoms with Crippen LogP contribution in [0.25, 0.3) is 0 Å². The van der Waals surface area contributed by atoms with Crippen molar-refractivity contribution in [2.45, 2.75) is 321 Å². The molecular weight excluding hydrogens is 767 g/mol. The molecule has 0 fully saturated rings. The van der Waals surface area contributed by atoms with E-state index in [4.69, 9.17) is 4.74 Å². The molecule has 0 aromatic rings. The largest absolute Gasteiger partial charge is 0.466 e.